The number of carbonyl (C=O) groups excluding carboxylic acids is 2. The molecule has 12 heteroatoms. The van der Waals surface area contributed by atoms with E-state index in [-0.39, 0.29) is 28.4 Å². The molecule has 0 aliphatic carbocycles. The fourth-order valence-electron chi connectivity index (χ4n) is 5.00. The maximum absolute atomic E-state index is 12.9. The molecule has 214 valence electrons. The highest BCUT2D eigenvalue weighted by Gasteiger charge is 2.28. The van der Waals surface area contributed by atoms with Crippen LogP contribution in [0.2, 0.25) is 0 Å². The van der Waals surface area contributed by atoms with Crippen molar-refractivity contribution >= 4 is 46.5 Å². The summed E-state index contributed by atoms with van der Waals surface area (Å²) in [5.74, 6) is -0.745. The van der Waals surface area contributed by atoms with Gasteiger partial charge in [0, 0.05) is 69.4 Å². The molecule has 0 bridgehead atoms. The van der Waals surface area contributed by atoms with Crippen molar-refractivity contribution in [3.8, 4) is 6.07 Å². The van der Waals surface area contributed by atoms with Gasteiger partial charge >= 0.3 is 12.0 Å². The monoisotopic (exact) mass is 567 g/mol. The number of piperidine rings is 1. The molecular weight excluding hydrogens is 530 g/mol. The van der Waals surface area contributed by atoms with Gasteiger partial charge in [-0.2, -0.15) is 5.26 Å². The number of amides is 2. The topological polar surface area (TPSA) is 123 Å². The van der Waals surface area contributed by atoms with Crippen LogP contribution >= 0.6 is 11.3 Å². The lowest BCUT2D eigenvalue weighted by Crippen LogP contribution is -2.53. The molecule has 2 aliphatic rings. The number of aromatic nitrogens is 1. The summed E-state index contributed by atoms with van der Waals surface area (Å²) in [6.07, 6.45) is 3.54. The first-order chi connectivity index (χ1) is 19.3. The second kappa shape index (κ2) is 13.6. The number of ether oxygens (including phenoxy) is 1. The molecule has 2 fully saturated rings. The van der Waals surface area contributed by atoms with E-state index < -0.39 is 5.97 Å². The molecule has 0 unspecified atom stereocenters. The number of thiazole rings is 1. The van der Waals surface area contributed by atoms with Crippen LogP contribution in [0.1, 0.15) is 26.7 Å². The molecule has 11 nitrogen and oxygen atoms in total. The first-order valence-electron chi connectivity index (χ1n) is 13.7. The number of anilines is 2. The highest BCUT2D eigenvalue weighted by atomic mass is 32.1. The molecule has 4 rings (SSSR count). The van der Waals surface area contributed by atoms with Gasteiger partial charge in [0.1, 0.15) is 15.3 Å². The predicted octanol–water partition coefficient (Wildman–Crippen LogP) is 1.26. The Morgan fingerprint density at radius 2 is 1.73 bits per heavy atom. The summed E-state index contributed by atoms with van der Waals surface area (Å²) in [5, 5.41) is 15.6. The first kappa shape index (κ1) is 29.3. The molecule has 0 spiro atoms. The van der Waals surface area contributed by atoms with Crippen LogP contribution in [0.4, 0.5) is 16.2 Å². The normalized spacial score (nSPS) is 18.2. The molecule has 1 aromatic heterocycles. The van der Waals surface area contributed by atoms with Crippen molar-refractivity contribution in [1.29, 1.82) is 5.26 Å². The van der Waals surface area contributed by atoms with Gasteiger partial charge in [-0.3, -0.25) is 14.3 Å². The molecule has 2 aromatic rings. The maximum Gasteiger partial charge on any atom is 0.351 e. The number of nitrogens with zero attached hydrogens (tertiary/aromatic N) is 5. The number of esters is 1. The number of nitrogens with one attached hydrogen (secondary N) is 2. The zero-order valence-electron chi connectivity index (χ0n) is 23.3. The molecule has 2 saturated heterocycles. The van der Waals surface area contributed by atoms with Crippen molar-refractivity contribution in [3.63, 3.8) is 0 Å². The van der Waals surface area contributed by atoms with Gasteiger partial charge in [-0.15, -0.1) is 11.3 Å². The molecule has 2 amide bonds. The lowest BCUT2D eigenvalue weighted by atomic mass is 10.0. The second-order valence-electron chi connectivity index (χ2n) is 9.88. The van der Waals surface area contributed by atoms with Crippen LogP contribution in [0.3, 0.4) is 0 Å². The Balaban J connectivity index is 1.36. The zero-order chi connectivity index (χ0) is 28.6. The Labute approximate surface area is 237 Å². The van der Waals surface area contributed by atoms with Crippen molar-refractivity contribution < 1.29 is 14.3 Å². The number of urea groups is 1. The number of hydrogen-bond acceptors (Lipinski definition) is 9. The van der Waals surface area contributed by atoms with E-state index in [1.54, 1.807) is 32.2 Å². The number of benzene rings is 1. The summed E-state index contributed by atoms with van der Waals surface area (Å²) in [5.41, 5.74) is 0.922. The molecule has 0 atom stereocenters. The van der Waals surface area contributed by atoms with Crippen LogP contribution < -0.4 is 25.4 Å². The Hall–Kier alpha value is -3.66. The Morgan fingerprint density at radius 3 is 2.33 bits per heavy atom. The molecule has 1 aromatic carbocycles. The average molecular weight is 568 g/mol. The van der Waals surface area contributed by atoms with E-state index >= 15 is 0 Å². The number of likely N-dealkylation sites (tertiary alicyclic amines) is 1. The van der Waals surface area contributed by atoms with E-state index in [4.69, 9.17) is 4.74 Å². The first-order valence-corrected chi connectivity index (χ1v) is 14.5. The zero-order valence-corrected chi connectivity index (χ0v) is 24.1. The number of carbonyl (C=O) groups is 2. The molecule has 0 saturated carbocycles. The summed E-state index contributed by atoms with van der Waals surface area (Å²) >= 11 is 1.06. The minimum Gasteiger partial charge on any atom is -0.462 e. The van der Waals surface area contributed by atoms with E-state index in [2.05, 4.69) is 27.5 Å². The third kappa shape index (κ3) is 6.91. The minimum absolute atomic E-state index is 0.0959. The summed E-state index contributed by atoms with van der Waals surface area (Å²) in [6.45, 7) is 9.77. The lowest BCUT2D eigenvalue weighted by Gasteiger charge is -2.42. The quantitative estimate of drug-likeness (QED) is 0.480. The second-order valence-corrected chi connectivity index (χ2v) is 10.9. The van der Waals surface area contributed by atoms with Gasteiger partial charge in [0.25, 0.3) is 5.56 Å². The van der Waals surface area contributed by atoms with Crippen molar-refractivity contribution in [2.24, 2.45) is 0 Å². The number of hydrogen-bond donors (Lipinski definition) is 2. The molecular formula is C28H37N7O4S. The smallest absolute Gasteiger partial charge is 0.351 e. The molecule has 2 N–H and O–H groups in total. The highest BCUT2D eigenvalue weighted by Crippen LogP contribution is 2.20. The molecule has 2 aliphatic heterocycles. The van der Waals surface area contributed by atoms with E-state index in [1.165, 1.54) is 4.57 Å². The predicted molar refractivity (Wildman–Crippen MR) is 156 cm³/mol. The highest BCUT2D eigenvalue weighted by molar-refractivity contribution is 7.07. The Bertz CT molecular complexity index is 1410. The average Bonchev–Trinajstić information content (AvgIpc) is 3.28. The van der Waals surface area contributed by atoms with Crippen LogP contribution in [0.15, 0.2) is 29.1 Å². The SMILES string of the molecule is CCOC(=O)/C(C#N)=c1\s/c(=C/Nc2ccc(NC(=O)N3CCC(N4CCN(C)CC4)CC3)cc2)c(=O)n1CC. The van der Waals surface area contributed by atoms with Crippen LogP contribution in [0, 0.1) is 11.3 Å². The standard InChI is InChI=1S/C28H37N7O4S/c1-4-35-25(36)24(40-26(35)23(18-29)27(37)39-5-2)19-30-20-6-8-21(9-7-20)31-28(38)34-12-10-22(11-13-34)33-16-14-32(3)15-17-33/h6-9,19,22,30H,4-5,10-17H2,1-3H3,(H,31,38)/b24-19+,26-23-. The summed E-state index contributed by atoms with van der Waals surface area (Å²) < 4.78 is 6.98. The minimum atomic E-state index is -0.745. The van der Waals surface area contributed by atoms with Gasteiger partial charge in [0.05, 0.1) is 6.61 Å². The number of rotatable bonds is 7. The Kier molecular flexibility index (Phi) is 9.98. The number of nitriles is 1. The third-order valence-corrected chi connectivity index (χ3v) is 8.47. The van der Waals surface area contributed by atoms with Crippen LogP contribution in [0.25, 0.3) is 11.8 Å². The van der Waals surface area contributed by atoms with E-state index in [0.29, 0.717) is 22.8 Å². The van der Waals surface area contributed by atoms with Gasteiger partial charge < -0.3 is 25.2 Å². The van der Waals surface area contributed by atoms with Gasteiger partial charge in [0.15, 0.2) is 5.57 Å². The van der Waals surface area contributed by atoms with Crippen molar-refractivity contribution in [2.45, 2.75) is 39.3 Å². The lowest BCUT2D eigenvalue weighted by molar-refractivity contribution is -0.136. The molecule has 3 heterocycles. The van der Waals surface area contributed by atoms with Crippen LogP contribution in [-0.2, 0) is 16.1 Å². The number of piperazine rings is 1. The third-order valence-electron chi connectivity index (χ3n) is 7.34. The van der Waals surface area contributed by atoms with Crippen LogP contribution in [0.5, 0.6) is 0 Å². The maximum atomic E-state index is 12.9. The van der Waals surface area contributed by atoms with Crippen molar-refractivity contribution in [2.75, 3.05) is 63.6 Å². The number of likely N-dealkylation sites (N-methyl/N-ethyl adjacent to an activating group) is 1. The van der Waals surface area contributed by atoms with E-state index in [0.717, 1.165) is 69.1 Å². The van der Waals surface area contributed by atoms with Crippen molar-refractivity contribution in [1.82, 2.24) is 19.3 Å². The fourth-order valence-corrected chi connectivity index (χ4v) is 6.08. The largest absolute Gasteiger partial charge is 0.462 e. The Morgan fingerprint density at radius 1 is 1.07 bits per heavy atom. The van der Waals surface area contributed by atoms with Gasteiger partial charge in [-0.25, -0.2) is 9.59 Å². The van der Waals surface area contributed by atoms with Gasteiger partial charge in [-0.1, -0.05) is 0 Å². The fraction of sp³-hybridized carbons (Fsp3) is 0.500. The molecule has 40 heavy (non-hydrogen) atoms. The summed E-state index contributed by atoms with van der Waals surface area (Å²) in [7, 11) is 2.16. The molecule has 0 radical (unpaired) electrons. The van der Waals surface area contributed by atoms with Gasteiger partial charge in [-0.05, 0) is 58.0 Å². The summed E-state index contributed by atoms with van der Waals surface area (Å²) in [4.78, 5) is 44.7. The van der Waals surface area contributed by atoms with Crippen LogP contribution in [-0.4, -0.2) is 90.2 Å². The summed E-state index contributed by atoms with van der Waals surface area (Å²) in [6, 6.07) is 9.55. The van der Waals surface area contributed by atoms with E-state index in [1.807, 2.05) is 23.1 Å². The van der Waals surface area contributed by atoms with Crippen molar-refractivity contribution in [3.05, 3.63) is 43.8 Å². The van der Waals surface area contributed by atoms with Gasteiger partial charge in [0.2, 0.25) is 0 Å². The van der Waals surface area contributed by atoms with E-state index in [9.17, 15) is 19.6 Å².